The topological polar surface area (TPSA) is 0 Å². The highest BCUT2D eigenvalue weighted by molar-refractivity contribution is 5.52. The van der Waals surface area contributed by atoms with Crippen LogP contribution in [0.5, 0.6) is 0 Å². The second-order valence-corrected chi connectivity index (χ2v) is 8.04. The van der Waals surface area contributed by atoms with Crippen molar-refractivity contribution >= 4 is 0 Å². The van der Waals surface area contributed by atoms with Crippen molar-refractivity contribution in [1.82, 2.24) is 0 Å². The first kappa shape index (κ1) is 51.5. The van der Waals surface area contributed by atoms with Crippen molar-refractivity contribution in [3.8, 4) is 392 Å². The Kier molecular flexibility index (Phi) is 39.4. The monoisotopic (exact) mass is 794 g/mol. The van der Waals surface area contributed by atoms with Crippen LogP contribution in [0.3, 0.4) is 0 Å². The molecule has 0 nitrogen and oxygen atoms in total. The maximum atomic E-state index is 4.94. The van der Waals surface area contributed by atoms with Gasteiger partial charge >= 0.3 is 0 Å². The molecule has 0 aliphatic rings. The van der Waals surface area contributed by atoms with E-state index in [0.29, 0.717) is 0 Å². The van der Waals surface area contributed by atoms with E-state index in [1.165, 1.54) is 0 Å². The van der Waals surface area contributed by atoms with Crippen molar-refractivity contribution in [1.29, 1.82) is 0 Å². The third-order valence-electron chi connectivity index (χ3n) is 3.96. The van der Waals surface area contributed by atoms with Crippen LogP contribution in [0.25, 0.3) is 0 Å². The summed E-state index contributed by atoms with van der Waals surface area (Å²) < 4.78 is 0. The number of hydrogen-bond donors (Lipinski definition) is 0. The fourth-order valence-corrected chi connectivity index (χ4v) is 1.95. The molecule has 0 aromatic heterocycles. The molecule has 0 unspecified atom stereocenters. The molecule has 0 rings (SSSR count). The molecule has 266 valence electrons. The van der Waals surface area contributed by atoms with Crippen molar-refractivity contribution in [2.24, 2.45) is 0 Å². The Morgan fingerprint density at radius 2 is 0.121 bits per heavy atom. The predicted octanol–water partition coefficient (Wildman–Crippen LogP) is 0.358. The number of hydrogen-bond acceptors (Lipinski definition) is 0. The van der Waals surface area contributed by atoms with Crippen LogP contribution in [-0.4, -0.2) is 0 Å². The Hall–Kier alpha value is -14.5. The summed E-state index contributed by atoms with van der Waals surface area (Å²) in [4.78, 5) is 0. The van der Waals surface area contributed by atoms with Crippen LogP contribution in [0.2, 0.25) is 0 Å². The van der Waals surface area contributed by atoms with Crippen molar-refractivity contribution in [2.45, 2.75) is 0 Å². The van der Waals surface area contributed by atoms with E-state index >= 15 is 0 Å². The molecule has 0 aromatic rings. The molecule has 0 fully saturated rings. The van der Waals surface area contributed by atoms with Gasteiger partial charge < -0.3 is 0 Å². The number of terminal acetylenes is 2. The van der Waals surface area contributed by atoms with Crippen LogP contribution in [0.15, 0.2) is 0 Å². The molecule has 0 aromatic carbocycles. The highest BCUT2D eigenvalue weighted by Crippen LogP contribution is 1.64. The van der Waals surface area contributed by atoms with Gasteiger partial charge in [0.2, 0.25) is 0 Å². The maximum Gasteiger partial charge on any atom is 0 e. The zero-order valence-electron chi connectivity index (χ0n) is 33.2. The molecule has 0 saturated carbocycles. The fourth-order valence-electron chi connectivity index (χ4n) is 1.95. The summed E-state index contributed by atoms with van der Waals surface area (Å²) in [6.45, 7) is 0. The van der Waals surface area contributed by atoms with Gasteiger partial charge in [0.05, 0.1) is 0 Å². The molecular weight excluding hydrogens is 793 g/mol. The van der Waals surface area contributed by atoms with E-state index in [0.717, 1.165) is 0 Å². The van der Waals surface area contributed by atoms with E-state index in [4.69, 9.17) is 12.8 Å². The van der Waals surface area contributed by atoms with Crippen LogP contribution in [0.4, 0.5) is 0 Å². The van der Waals surface area contributed by atoms with Gasteiger partial charge in [0.25, 0.3) is 0 Å². The summed E-state index contributed by atoms with van der Waals surface area (Å²) in [6.07, 6.45) is 9.89. The van der Waals surface area contributed by atoms with Crippen LogP contribution in [0, 0.1) is 392 Å². The highest BCUT2D eigenvalue weighted by Gasteiger charge is 1.63. The molecule has 0 aliphatic carbocycles. The lowest BCUT2D eigenvalue weighted by Crippen LogP contribution is -1.57. The molecule has 0 aliphatic heterocycles. The van der Waals surface area contributed by atoms with E-state index < -0.39 is 0 Å². The van der Waals surface area contributed by atoms with Gasteiger partial charge in [0, 0.05) is 284 Å². The van der Waals surface area contributed by atoms with Gasteiger partial charge in [0.15, 0.2) is 0 Å². The third kappa shape index (κ3) is 49.5. The fraction of sp³-hybridized carbons (Fsp3) is 0. The molecule has 0 radical (unpaired) electrons. The van der Waals surface area contributed by atoms with E-state index in [2.05, 4.69) is 379 Å². The van der Waals surface area contributed by atoms with Gasteiger partial charge in [-0.2, -0.15) is 0 Å². The van der Waals surface area contributed by atoms with E-state index in [1.807, 2.05) is 0 Å². The molecule has 0 N–H and O–H groups in total. The Labute approximate surface area is 389 Å². The molecule has 0 spiro atoms. The molecule has 66 heavy (non-hydrogen) atoms. The van der Waals surface area contributed by atoms with Crippen LogP contribution in [-0.2, 0) is 0 Å². The lowest BCUT2D eigenvalue weighted by atomic mass is 10.4. The van der Waals surface area contributed by atoms with Crippen LogP contribution >= 0.6 is 0 Å². The van der Waals surface area contributed by atoms with E-state index in [-0.39, 0.29) is 0 Å². The molecule has 0 amide bonds. The summed E-state index contributed by atoms with van der Waals surface area (Å²) in [7, 11) is 0. The van der Waals surface area contributed by atoms with Gasteiger partial charge in [-0.3, -0.25) is 0 Å². The molecular formula is C66H2. The smallest absolute Gasteiger partial charge is 0 e. The normalized spacial score (nSPS) is 3.91. The summed E-state index contributed by atoms with van der Waals surface area (Å²) in [5, 5.41) is 0. The van der Waals surface area contributed by atoms with Gasteiger partial charge in [-0.1, -0.05) is 0 Å². The lowest BCUT2D eigenvalue weighted by molar-refractivity contribution is 2.31. The minimum Gasteiger partial charge on any atom is -0.106 e. The molecule has 0 bridgehead atoms. The maximum absolute atomic E-state index is 4.94. The Morgan fingerprint density at radius 1 is 0.0758 bits per heavy atom. The van der Waals surface area contributed by atoms with Gasteiger partial charge in [-0.15, -0.1) is 12.8 Å². The standard InChI is InChI=1S/C66H2/c1-3-5-7-9-11-13-15-17-19-21-23-25-27-29-31-33-35-37-39-41-43-45-47-49-51-53-55-57-59-61-63-65-66-64-62-60-58-56-54-52-50-48-46-44-42-40-38-36-34-32-30-28-26-24-22-20-18-16-14-12-10-8-6-4-2/h1-2H. The van der Waals surface area contributed by atoms with Gasteiger partial charge in [-0.25, -0.2) is 0 Å². The molecule has 0 heterocycles. The van der Waals surface area contributed by atoms with Crippen molar-refractivity contribution in [3.05, 3.63) is 0 Å². The van der Waals surface area contributed by atoms with Crippen molar-refractivity contribution in [2.75, 3.05) is 0 Å². The third-order valence-corrected chi connectivity index (χ3v) is 3.96. The summed E-state index contributed by atoms with van der Waals surface area (Å²) >= 11 is 0. The summed E-state index contributed by atoms with van der Waals surface area (Å²) in [5.41, 5.74) is 0. The Bertz CT molecular complexity index is 4010. The highest BCUT2D eigenvalue weighted by atomic mass is 13.6. The first-order valence-corrected chi connectivity index (χ1v) is 16.3. The van der Waals surface area contributed by atoms with Crippen molar-refractivity contribution in [3.63, 3.8) is 0 Å². The average Bonchev–Trinajstić information content (AvgIpc) is 3.33. The first-order chi connectivity index (χ1) is 32.9. The average molecular weight is 795 g/mol. The number of rotatable bonds is 0. The van der Waals surface area contributed by atoms with Crippen LogP contribution < -0.4 is 0 Å². The Morgan fingerprint density at radius 3 is 0.167 bits per heavy atom. The first-order valence-electron chi connectivity index (χ1n) is 16.3. The van der Waals surface area contributed by atoms with Gasteiger partial charge in [-0.05, 0) is 94.7 Å². The quantitative estimate of drug-likeness (QED) is 0.312. The van der Waals surface area contributed by atoms with E-state index in [9.17, 15) is 0 Å². The van der Waals surface area contributed by atoms with E-state index in [1.54, 1.807) is 0 Å². The SMILES string of the molecule is C#CC#CC#CC#CC#CC#CC#CC#CC#CC#CC#CC#CC#CC#CC#CC#CC#CC#CC#CC#CC#CC#CC#CC#CC#CC#CC#CC#CC#CC#CC#CC#CC#C. The van der Waals surface area contributed by atoms with Crippen molar-refractivity contribution < 1.29 is 0 Å². The summed E-state index contributed by atoms with van der Waals surface area (Å²) in [5.74, 6) is 158. The minimum atomic E-state index is 2.12. The van der Waals surface area contributed by atoms with Crippen LogP contribution in [0.1, 0.15) is 0 Å². The molecule has 0 heteroatoms. The second-order valence-electron chi connectivity index (χ2n) is 8.04. The van der Waals surface area contributed by atoms with Gasteiger partial charge in [0.1, 0.15) is 0 Å². The lowest BCUT2D eigenvalue weighted by Gasteiger charge is -1.57. The molecule has 0 atom stereocenters. The second kappa shape index (κ2) is 50.5. The Balaban J connectivity index is 4.60. The molecule has 0 saturated heterocycles. The zero-order chi connectivity index (χ0) is 47.3. The minimum absolute atomic E-state index is 2.12. The largest absolute Gasteiger partial charge is 0.106 e. The summed E-state index contributed by atoms with van der Waals surface area (Å²) in [6, 6.07) is 0. The predicted molar refractivity (Wildman–Crippen MR) is 259 cm³/mol. The zero-order valence-corrected chi connectivity index (χ0v) is 33.2.